The van der Waals surface area contributed by atoms with Crippen LogP contribution < -0.4 is 19.9 Å². The van der Waals surface area contributed by atoms with Crippen LogP contribution in [-0.2, 0) is 10.2 Å². The molecule has 2 fully saturated rings. The zero-order valence-corrected chi connectivity index (χ0v) is 20.3. The second kappa shape index (κ2) is 8.72. The molecule has 10 heteroatoms. The first-order valence-electron chi connectivity index (χ1n) is 12.4. The number of amides is 3. The number of nitrogens with zero attached hydrogens (tertiary/aromatic N) is 3. The van der Waals surface area contributed by atoms with Gasteiger partial charge in [0.1, 0.15) is 17.3 Å². The molecule has 2 N–H and O–H groups in total. The molecule has 190 valence electrons. The van der Waals surface area contributed by atoms with Gasteiger partial charge in [0.2, 0.25) is 5.91 Å². The number of carbonyl (C=O) groups is 3. The third-order valence-electron chi connectivity index (χ3n) is 7.51. The number of benzene rings is 2. The van der Waals surface area contributed by atoms with E-state index < -0.39 is 11.7 Å². The van der Waals surface area contributed by atoms with Gasteiger partial charge in [-0.05, 0) is 62.1 Å². The average molecular weight is 504 g/mol. The van der Waals surface area contributed by atoms with Gasteiger partial charge >= 0.3 is 0 Å². The summed E-state index contributed by atoms with van der Waals surface area (Å²) in [6.45, 7) is 1.12. The van der Waals surface area contributed by atoms with Crippen LogP contribution in [0.5, 0.6) is 5.75 Å². The molecule has 1 aliphatic carbocycles. The number of piperidine rings is 1. The number of carbonyl (C=O) groups excluding carboxylic acids is 3. The monoisotopic (exact) mass is 503 g/mol. The fourth-order valence-corrected chi connectivity index (χ4v) is 5.33. The molecule has 0 unspecified atom stereocenters. The third kappa shape index (κ3) is 3.92. The first-order valence-corrected chi connectivity index (χ1v) is 12.4. The van der Waals surface area contributed by atoms with Gasteiger partial charge in [0.05, 0.1) is 12.8 Å². The number of nitrogens with one attached hydrogen (secondary N) is 2. The van der Waals surface area contributed by atoms with Crippen LogP contribution in [0.3, 0.4) is 0 Å². The molecule has 0 bridgehead atoms. The number of rotatable bonds is 5. The molecule has 3 heterocycles. The molecule has 1 spiro atoms. The predicted molar refractivity (Wildman–Crippen MR) is 135 cm³/mol. The van der Waals surface area contributed by atoms with Gasteiger partial charge in [-0.2, -0.15) is 5.10 Å². The summed E-state index contributed by atoms with van der Waals surface area (Å²) in [5.74, 6) is -1.03. The van der Waals surface area contributed by atoms with Gasteiger partial charge in [-0.25, -0.2) is 4.39 Å². The summed E-state index contributed by atoms with van der Waals surface area (Å²) in [6.07, 6.45) is 4.06. The topological polar surface area (TPSA) is 108 Å². The molecular formula is C27H26FN5O4. The van der Waals surface area contributed by atoms with Gasteiger partial charge in [0.15, 0.2) is 5.69 Å². The number of methoxy groups -OCH3 is 1. The highest BCUT2D eigenvalue weighted by molar-refractivity contribution is 6.12. The number of fused-ring (bicyclic) bond motifs is 2. The molecule has 3 aliphatic rings. The summed E-state index contributed by atoms with van der Waals surface area (Å²) in [7, 11) is 1.43. The maximum atomic E-state index is 14.4. The fourth-order valence-electron chi connectivity index (χ4n) is 5.33. The summed E-state index contributed by atoms with van der Waals surface area (Å²) in [4.78, 5) is 42.3. The van der Waals surface area contributed by atoms with Crippen LogP contribution in [0.25, 0.3) is 0 Å². The Bertz CT molecular complexity index is 1410. The van der Waals surface area contributed by atoms with E-state index in [0.29, 0.717) is 30.8 Å². The van der Waals surface area contributed by atoms with Crippen molar-refractivity contribution in [2.24, 2.45) is 0 Å². The van der Waals surface area contributed by atoms with Gasteiger partial charge in [0, 0.05) is 47.9 Å². The Morgan fingerprint density at radius 3 is 2.46 bits per heavy atom. The van der Waals surface area contributed by atoms with Crippen molar-refractivity contribution in [2.75, 3.05) is 35.3 Å². The maximum Gasteiger partial charge on any atom is 0.276 e. The lowest BCUT2D eigenvalue weighted by Gasteiger charge is -2.33. The van der Waals surface area contributed by atoms with Crippen LogP contribution in [0.1, 0.15) is 58.6 Å². The van der Waals surface area contributed by atoms with E-state index in [2.05, 4.69) is 15.5 Å². The van der Waals surface area contributed by atoms with E-state index in [-0.39, 0.29) is 34.3 Å². The highest BCUT2D eigenvalue weighted by atomic mass is 19.1. The summed E-state index contributed by atoms with van der Waals surface area (Å²) in [5.41, 5.74) is 2.14. The Labute approximate surface area is 212 Å². The number of hydrogen-bond acceptors (Lipinski definition) is 5. The van der Waals surface area contributed by atoms with Crippen molar-refractivity contribution in [3.63, 3.8) is 0 Å². The van der Waals surface area contributed by atoms with Crippen LogP contribution in [0.4, 0.5) is 21.5 Å². The number of hydrogen-bond donors (Lipinski definition) is 2. The molecule has 3 aromatic rings. The van der Waals surface area contributed by atoms with Crippen molar-refractivity contribution in [2.45, 2.75) is 37.5 Å². The smallest absolute Gasteiger partial charge is 0.276 e. The van der Waals surface area contributed by atoms with Crippen molar-refractivity contribution < 1.29 is 23.5 Å². The minimum Gasteiger partial charge on any atom is -0.497 e. The number of aromatic nitrogens is 2. The first-order chi connectivity index (χ1) is 17.9. The Morgan fingerprint density at radius 2 is 1.81 bits per heavy atom. The number of ether oxygens (including phenoxy) is 1. The minimum absolute atomic E-state index is 0.00318. The standard InChI is InChI=1S/C27H26FN5O4/c1-37-18-9-10-20(19(28)14-18)29-25(35)23-22-24(31-30-23)26(36)33(15-27(22)11-12-27)17-7-5-16(6-8-17)32-13-3-2-4-21(32)34/h5-10,14H,2-4,11-13,15H2,1H3,(H,29,35)(H,30,31). The van der Waals surface area contributed by atoms with Crippen LogP contribution in [0.15, 0.2) is 42.5 Å². The van der Waals surface area contributed by atoms with E-state index in [1.165, 1.54) is 19.2 Å². The summed E-state index contributed by atoms with van der Waals surface area (Å²) >= 11 is 0. The van der Waals surface area contributed by atoms with Crippen LogP contribution in [0.2, 0.25) is 0 Å². The lowest BCUT2D eigenvalue weighted by atomic mass is 9.88. The maximum absolute atomic E-state index is 14.4. The highest BCUT2D eigenvalue weighted by Crippen LogP contribution is 2.53. The number of anilines is 3. The molecule has 6 rings (SSSR count). The van der Waals surface area contributed by atoms with Crippen LogP contribution in [-0.4, -0.2) is 48.1 Å². The predicted octanol–water partition coefficient (Wildman–Crippen LogP) is 4.02. The molecule has 9 nitrogen and oxygen atoms in total. The zero-order valence-electron chi connectivity index (χ0n) is 20.3. The van der Waals surface area contributed by atoms with Crippen molar-refractivity contribution in [1.82, 2.24) is 10.2 Å². The molecule has 3 amide bonds. The number of aromatic amines is 1. The van der Waals surface area contributed by atoms with Gasteiger partial charge in [-0.3, -0.25) is 19.5 Å². The Morgan fingerprint density at radius 1 is 1.08 bits per heavy atom. The molecule has 2 aromatic carbocycles. The van der Waals surface area contributed by atoms with Crippen molar-refractivity contribution in [1.29, 1.82) is 0 Å². The fraction of sp³-hybridized carbons (Fsp3) is 0.333. The van der Waals surface area contributed by atoms with E-state index in [1.54, 1.807) is 15.9 Å². The van der Waals surface area contributed by atoms with Gasteiger partial charge in [0.25, 0.3) is 11.8 Å². The molecule has 1 saturated carbocycles. The summed E-state index contributed by atoms with van der Waals surface area (Å²) < 4.78 is 19.4. The third-order valence-corrected chi connectivity index (χ3v) is 7.51. The van der Waals surface area contributed by atoms with Crippen molar-refractivity contribution >= 4 is 34.8 Å². The average Bonchev–Trinajstić information content (AvgIpc) is 3.52. The normalized spacial score (nSPS) is 18.1. The van der Waals surface area contributed by atoms with E-state index >= 15 is 0 Å². The SMILES string of the molecule is COc1ccc(NC(=O)c2n[nH]c3c2C2(CC2)CN(c2ccc(N4CCCCC4=O)cc2)C3=O)c(F)c1. The van der Waals surface area contributed by atoms with Crippen molar-refractivity contribution in [3.05, 3.63) is 65.2 Å². The highest BCUT2D eigenvalue weighted by Gasteiger charge is 2.55. The van der Waals surface area contributed by atoms with E-state index in [4.69, 9.17) is 4.74 Å². The Hall–Kier alpha value is -4.21. The van der Waals surface area contributed by atoms with Gasteiger partial charge < -0.3 is 19.9 Å². The van der Waals surface area contributed by atoms with E-state index in [1.807, 2.05) is 24.3 Å². The van der Waals surface area contributed by atoms with Crippen LogP contribution in [0, 0.1) is 5.82 Å². The lowest BCUT2D eigenvalue weighted by molar-refractivity contribution is -0.119. The Balaban J connectivity index is 1.26. The summed E-state index contributed by atoms with van der Waals surface area (Å²) in [5, 5.41) is 9.52. The molecule has 1 saturated heterocycles. The van der Waals surface area contributed by atoms with Crippen molar-refractivity contribution in [3.8, 4) is 5.75 Å². The largest absolute Gasteiger partial charge is 0.497 e. The molecule has 37 heavy (non-hydrogen) atoms. The van der Waals surface area contributed by atoms with E-state index in [9.17, 15) is 18.8 Å². The second-order valence-electron chi connectivity index (χ2n) is 9.81. The molecule has 2 aliphatic heterocycles. The number of H-pyrrole nitrogens is 1. The Kier molecular flexibility index (Phi) is 5.47. The molecular weight excluding hydrogens is 477 g/mol. The quantitative estimate of drug-likeness (QED) is 0.547. The zero-order chi connectivity index (χ0) is 25.7. The molecule has 0 radical (unpaired) electrons. The van der Waals surface area contributed by atoms with Crippen LogP contribution >= 0.6 is 0 Å². The molecule has 1 aromatic heterocycles. The molecule has 0 atom stereocenters. The summed E-state index contributed by atoms with van der Waals surface area (Å²) in [6, 6.07) is 11.6. The first kappa shape index (κ1) is 23.2. The van der Waals surface area contributed by atoms with Gasteiger partial charge in [-0.15, -0.1) is 0 Å². The lowest BCUT2D eigenvalue weighted by Crippen LogP contribution is -2.44. The number of halogens is 1. The minimum atomic E-state index is -0.629. The van der Waals surface area contributed by atoms with E-state index in [0.717, 1.165) is 37.1 Å². The van der Waals surface area contributed by atoms with Gasteiger partial charge in [-0.1, -0.05) is 0 Å². The second-order valence-corrected chi connectivity index (χ2v) is 9.81.